The van der Waals surface area contributed by atoms with E-state index in [4.69, 9.17) is 11.6 Å². The fourth-order valence-corrected chi connectivity index (χ4v) is 3.57. The van der Waals surface area contributed by atoms with E-state index in [2.05, 4.69) is 22.9 Å². The summed E-state index contributed by atoms with van der Waals surface area (Å²) in [6.45, 7) is 3.89. The third kappa shape index (κ3) is 4.39. The van der Waals surface area contributed by atoms with E-state index in [0.717, 1.165) is 19.5 Å². The lowest BCUT2D eigenvalue weighted by Crippen LogP contribution is -2.50. The summed E-state index contributed by atoms with van der Waals surface area (Å²) in [6.07, 6.45) is 1.04. The van der Waals surface area contributed by atoms with Gasteiger partial charge in [-0.05, 0) is 48.5 Å². The number of anilines is 1. The molecule has 5 nitrogen and oxygen atoms in total. The molecule has 2 heterocycles. The number of hydrogen-bond acceptors (Lipinski definition) is 4. The number of halogens is 1. The van der Waals surface area contributed by atoms with Crippen LogP contribution >= 0.6 is 22.9 Å². The average Bonchev–Trinajstić information content (AvgIpc) is 3.13. The molecule has 0 spiro atoms. The molecule has 3 rings (SSSR count). The maximum absolute atomic E-state index is 12.5. The molecule has 132 valence electrons. The molecule has 0 bridgehead atoms. The van der Waals surface area contributed by atoms with Gasteiger partial charge in [0.15, 0.2) is 0 Å². The number of amides is 2. The van der Waals surface area contributed by atoms with Crippen molar-refractivity contribution in [1.29, 1.82) is 0 Å². The second kappa shape index (κ2) is 7.99. The lowest BCUT2D eigenvalue weighted by atomic mass is 9.94. The minimum atomic E-state index is -0.237. The van der Waals surface area contributed by atoms with Crippen molar-refractivity contribution in [1.82, 2.24) is 10.6 Å². The maximum Gasteiger partial charge on any atom is 0.265 e. The van der Waals surface area contributed by atoms with Gasteiger partial charge in [0.05, 0.1) is 15.6 Å². The normalized spacial score (nSPS) is 20.1. The van der Waals surface area contributed by atoms with Crippen LogP contribution in [-0.2, 0) is 0 Å². The van der Waals surface area contributed by atoms with Gasteiger partial charge in [0, 0.05) is 18.2 Å². The van der Waals surface area contributed by atoms with Crippen molar-refractivity contribution in [3.8, 4) is 0 Å². The van der Waals surface area contributed by atoms with E-state index in [0.29, 0.717) is 27.1 Å². The SMILES string of the molecule is CC1CCNCC1NC(=O)c1ccc(Cl)c(NC(=O)c2cccs2)c1. The van der Waals surface area contributed by atoms with Crippen LogP contribution in [0.2, 0.25) is 5.02 Å². The number of carbonyl (C=O) groups is 2. The highest BCUT2D eigenvalue weighted by atomic mass is 35.5. The summed E-state index contributed by atoms with van der Waals surface area (Å²) in [4.78, 5) is 25.3. The summed E-state index contributed by atoms with van der Waals surface area (Å²) in [5.74, 6) is 0.0268. The number of nitrogens with one attached hydrogen (secondary N) is 3. The smallest absolute Gasteiger partial charge is 0.265 e. The van der Waals surface area contributed by atoms with Crippen molar-refractivity contribution in [2.45, 2.75) is 19.4 Å². The van der Waals surface area contributed by atoms with Crippen LogP contribution in [0.25, 0.3) is 0 Å². The second-order valence-electron chi connectivity index (χ2n) is 6.18. The Kier molecular flexibility index (Phi) is 5.73. The number of benzene rings is 1. The Morgan fingerprint density at radius 3 is 2.84 bits per heavy atom. The monoisotopic (exact) mass is 377 g/mol. The van der Waals surface area contributed by atoms with E-state index in [-0.39, 0.29) is 17.9 Å². The van der Waals surface area contributed by atoms with Gasteiger partial charge in [0.1, 0.15) is 0 Å². The Morgan fingerprint density at radius 2 is 2.12 bits per heavy atom. The molecular weight excluding hydrogens is 358 g/mol. The Labute approximate surface area is 155 Å². The van der Waals surface area contributed by atoms with E-state index in [9.17, 15) is 9.59 Å². The van der Waals surface area contributed by atoms with Crippen LogP contribution in [-0.4, -0.2) is 30.9 Å². The van der Waals surface area contributed by atoms with E-state index in [1.165, 1.54) is 11.3 Å². The van der Waals surface area contributed by atoms with Gasteiger partial charge in [-0.15, -0.1) is 11.3 Å². The van der Waals surface area contributed by atoms with E-state index in [1.54, 1.807) is 24.3 Å². The van der Waals surface area contributed by atoms with Crippen LogP contribution in [0.15, 0.2) is 35.7 Å². The van der Waals surface area contributed by atoms with Crippen molar-refractivity contribution in [3.05, 3.63) is 51.2 Å². The van der Waals surface area contributed by atoms with Gasteiger partial charge < -0.3 is 16.0 Å². The van der Waals surface area contributed by atoms with Crippen LogP contribution in [0, 0.1) is 5.92 Å². The highest BCUT2D eigenvalue weighted by Crippen LogP contribution is 2.24. The number of hydrogen-bond donors (Lipinski definition) is 3. The zero-order chi connectivity index (χ0) is 17.8. The molecule has 1 aromatic carbocycles. The van der Waals surface area contributed by atoms with Crippen LogP contribution in [0.5, 0.6) is 0 Å². The molecule has 3 N–H and O–H groups in total. The topological polar surface area (TPSA) is 70.2 Å². The summed E-state index contributed by atoms with van der Waals surface area (Å²) in [5, 5.41) is 11.3. The number of piperidine rings is 1. The Balaban J connectivity index is 1.72. The predicted octanol–water partition coefficient (Wildman–Crippen LogP) is 3.38. The minimum Gasteiger partial charge on any atom is -0.348 e. The zero-order valence-electron chi connectivity index (χ0n) is 13.8. The highest BCUT2D eigenvalue weighted by molar-refractivity contribution is 7.12. The van der Waals surface area contributed by atoms with Crippen LogP contribution < -0.4 is 16.0 Å². The molecule has 0 aliphatic carbocycles. The molecule has 7 heteroatoms. The quantitative estimate of drug-likeness (QED) is 0.765. The lowest BCUT2D eigenvalue weighted by Gasteiger charge is -2.30. The van der Waals surface area contributed by atoms with Gasteiger partial charge in [-0.1, -0.05) is 24.6 Å². The van der Waals surface area contributed by atoms with Gasteiger partial charge >= 0.3 is 0 Å². The van der Waals surface area contributed by atoms with Gasteiger partial charge in [-0.25, -0.2) is 0 Å². The van der Waals surface area contributed by atoms with Crippen LogP contribution in [0.4, 0.5) is 5.69 Å². The molecular formula is C18H20ClN3O2S. The fraction of sp³-hybridized carbons (Fsp3) is 0.333. The summed E-state index contributed by atoms with van der Waals surface area (Å²) in [6, 6.07) is 8.56. The van der Waals surface area contributed by atoms with Crippen molar-refractivity contribution >= 4 is 40.4 Å². The standard InChI is InChI=1S/C18H20ClN3O2S/c1-11-6-7-20-10-15(11)22-17(23)12-4-5-13(19)14(9-12)21-18(24)16-3-2-8-25-16/h2-5,8-9,11,15,20H,6-7,10H2,1H3,(H,21,24)(H,22,23). The van der Waals surface area contributed by atoms with E-state index >= 15 is 0 Å². The molecule has 1 fully saturated rings. The third-order valence-corrected chi connectivity index (χ3v) is 5.56. The summed E-state index contributed by atoms with van der Waals surface area (Å²) >= 11 is 7.52. The largest absolute Gasteiger partial charge is 0.348 e. The Bertz CT molecular complexity index is 764. The summed E-state index contributed by atoms with van der Waals surface area (Å²) in [7, 11) is 0. The van der Waals surface area contributed by atoms with Crippen LogP contribution in [0.1, 0.15) is 33.4 Å². The minimum absolute atomic E-state index is 0.0982. The molecule has 1 aliphatic heterocycles. The molecule has 1 aromatic heterocycles. The first-order valence-corrected chi connectivity index (χ1v) is 9.46. The number of thiophene rings is 1. The van der Waals surface area contributed by atoms with Gasteiger partial charge in [0.2, 0.25) is 0 Å². The molecule has 0 radical (unpaired) electrons. The van der Waals surface area contributed by atoms with Crippen molar-refractivity contribution in [2.24, 2.45) is 5.92 Å². The first-order chi connectivity index (χ1) is 12.0. The van der Waals surface area contributed by atoms with Crippen molar-refractivity contribution in [2.75, 3.05) is 18.4 Å². The number of carbonyl (C=O) groups excluding carboxylic acids is 2. The molecule has 2 unspecified atom stereocenters. The second-order valence-corrected chi connectivity index (χ2v) is 7.53. The van der Waals surface area contributed by atoms with E-state index < -0.39 is 0 Å². The molecule has 2 amide bonds. The molecule has 1 aliphatic rings. The summed E-state index contributed by atoms with van der Waals surface area (Å²) in [5.41, 5.74) is 0.909. The highest BCUT2D eigenvalue weighted by Gasteiger charge is 2.23. The van der Waals surface area contributed by atoms with Crippen LogP contribution in [0.3, 0.4) is 0 Å². The molecule has 2 atom stereocenters. The molecule has 0 saturated carbocycles. The number of rotatable bonds is 4. The van der Waals surface area contributed by atoms with Gasteiger partial charge in [-0.3, -0.25) is 9.59 Å². The average molecular weight is 378 g/mol. The Morgan fingerprint density at radius 1 is 1.28 bits per heavy atom. The van der Waals surface area contributed by atoms with Crippen molar-refractivity contribution < 1.29 is 9.59 Å². The Hall–Kier alpha value is -1.89. The first-order valence-electron chi connectivity index (χ1n) is 8.20. The first kappa shape index (κ1) is 17.9. The summed E-state index contributed by atoms with van der Waals surface area (Å²) < 4.78 is 0. The lowest BCUT2D eigenvalue weighted by molar-refractivity contribution is 0.0914. The molecule has 25 heavy (non-hydrogen) atoms. The van der Waals surface area contributed by atoms with E-state index in [1.807, 2.05) is 11.4 Å². The fourth-order valence-electron chi connectivity index (χ4n) is 2.79. The predicted molar refractivity (Wildman–Crippen MR) is 102 cm³/mol. The van der Waals surface area contributed by atoms with Gasteiger partial charge in [-0.2, -0.15) is 0 Å². The molecule has 1 saturated heterocycles. The molecule has 2 aromatic rings. The maximum atomic E-state index is 12.5. The van der Waals surface area contributed by atoms with Gasteiger partial charge in [0.25, 0.3) is 11.8 Å². The van der Waals surface area contributed by atoms with Crippen molar-refractivity contribution in [3.63, 3.8) is 0 Å². The third-order valence-electron chi connectivity index (χ3n) is 4.37. The zero-order valence-corrected chi connectivity index (χ0v) is 15.4.